The molecule has 0 aliphatic carbocycles. The summed E-state index contributed by atoms with van der Waals surface area (Å²) in [6.07, 6.45) is 3.42. The third-order valence-corrected chi connectivity index (χ3v) is 4.96. The first-order chi connectivity index (χ1) is 15.2. The van der Waals surface area contributed by atoms with Gasteiger partial charge < -0.3 is 5.32 Å². The fourth-order valence-electron chi connectivity index (χ4n) is 3.18. The quantitative estimate of drug-likeness (QED) is 0.448. The van der Waals surface area contributed by atoms with Crippen molar-refractivity contribution < 1.29 is 4.79 Å². The maximum Gasteiger partial charge on any atom is 0.255 e. The highest BCUT2D eigenvalue weighted by Gasteiger charge is 2.12. The second-order valence-electron chi connectivity index (χ2n) is 6.80. The number of hydrogen-bond acceptors (Lipinski definition) is 5. The second-order valence-corrected chi connectivity index (χ2v) is 7.23. The molecule has 0 spiro atoms. The Kier molecular flexibility index (Phi) is 4.86. The van der Waals surface area contributed by atoms with Crippen molar-refractivity contribution in [2.24, 2.45) is 0 Å². The predicted octanol–water partition coefficient (Wildman–Crippen LogP) is 4.76. The van der Waals surface area contributed by atoms with Crippen LogP contribution >= 0.6 is 11.6 Å². The minimum Gasteiger partial charge on any atom is -0.322 e. The average molecular weight is 427 g/mol. The molecule has 3 aromatic heterocycles. The molecule has 5 aromatic rings. The molecule has 1 amide bonds. The van der Waals surface area contributed by atoms with Gasteiger partial charge in [0.05, 0.1) is 5.69 Å². The van der Waals surface area contributed by atoms with Gasteiger partial charge in [0.15, 0.2) is 11.5 Å². The largest absolute Gasteiger partial charge is 0.322 e. The van der Waals surface area contributed by atoms with Crippen LogP contribution in [0.1, 0.15) is 10.4 Å². The van der Waals surface area contributed by atoms with E-state index in [4.69, 9.17) is 16.7 Å². The number of nitrogens with one attached hydrogen (secondary N) is 1. The zero-order valence-electron chi connectivity index (χ0n) is 16.1. The SMILES string of the molecule is O=C(Nc1cccc(-c2ccc3nnc(-c4cccnc4)n3n2)c1)c1ccc(Cl)cc1. The highest BCUT2D eigenvalue weighted by Crippen LogP contribution is 2.23. The van der Waals surface area contributed by atoms with Gasteiger partial charge in [-0.25, -0.2) is 0 Å². The molecule has 0 atom stereocenters. The van der Waals surface area contributed by atoms with E-state index in [0.29, 0.717) is 27.7 Å². The van der Waals surface area contributed by atoms with Gasteiger partial charge in [-0.1, -0.05) is 23.7 Å². The van der Waals surface area contributed by atoms with Crippen molar-refractivity contribution in [2.45, 2.75) is 0 Å². The van der Waals surface area contributed by atoms with Crippen molar-refractivity contribution in [1.82, 2.24) is 24.8 Å². The highest BCUT2D eigenvalue weighted by molar-refractivity contribution is 6.30. The van der Waals surface area contributed by atoms with Crippen LogP contribution in [0.15, 0.2) is 85.2 Å². The van der Waals surface area contributed by atoms with Gasteiger partial charge in [0.25, 0.3) is 5.91 Å². The van der Waals surface area contributed by atoms with Crippen LogP contribution in [0.4, 0.5) is 5.69 Å². The molecule has 0 saturated carbocycles. The molecule has 2 aromatic carbocycles. The fourth-order valence-corrected chi connectivity index (χ4v) is 3.30. The Hall–Kier alpha value is -4.10. The first-order valence-corrected chi connectivity index (χ1v) is 9.85. The zero-order chi connectivity index (χ0) is 21.2. The number of carbonyl (C=O) groups excluding carboxylic acids is 1. The molecular weight excluding hydrogens is 412 g/mol. The molecule has 0 saturated heterocycles. The van der Waals surface area contributed by atoms with Crippen molar-refractivity contribution in [3.05, 3.63) is 95.8 Å². The van der Waals surface area contributed by atoms with Crippen molar-refractivity contribution in [1.29, 1.82) is 0 Å². The van der Waals surface area contributed by atoms with E-state index >= 15 is 0 Å². The molecule has 7 nitrogen and oxygen atoms in total. The number of rotatable bonds is 4. The monoisotopic (exact) mass is 426 g/mol. The second kappa shape index (κ2) is 7.97. The van der Waals surface area contributed by atoms with Crippen LogP contribution < -0.4 is 5.32 Å². The summed E-state index contributed by atoms with van der Waals surface area (Å²) < 4.78 is 1.69. The lowest BCUT2D eigenvalue weighted by atomic mass is 10.1. The molecule has 1 N–H and O–H groups in total. The molecule has 150 valence electrons. The average Bonchev–Trinajstić information content (AvgIpc) is 3.23. The first kappa shape index (κ1) is 18.9. The molecule has 31 heavy (non-hydrogen) atoms. The Morgan fingerprint density at radius 2 is 1.74 bits per heavy atom. The standard InChI is InChI=1S/C23H15ClN6O/c24-18-8-6-15(7-9-18)23(31)26-19-5-1-3-16(13-19)20-10-11-21-27-28-22(30(21)29-20)17-4-2-12-25-14-17/h1-14H,(H,26,31). The van der Waals surface area contributed by atoms with E-state index in [-0.39, 0.29) is 5.91 Å². The van der Waals surface area contributed by atoms with Gasteiger partial charge in [0, 0.05) is 39.8 Å². The lowest BCUT2D eigenvalue weighted by Gasteiger charge is -2.08. The van der Waals surface area contributed by atoms with Gasteiger partial charge in [-0.05, 0) is 60.7 Å². The maximum absolute atomic E-state index is 12.5. The minimum atomic E-state index is -0.213. The summed E-state index contributed by atoms with van der Waals surface area (Å²) in [5, 5.41) is 16.6. The van der Waals surface area contributed by atoms with Crippen molar-refractivity contribution in [2.75, 3.05) is 5.32 Å². The molecule has 0 radical (unpaired) electrons. The lowest BCUT2D eigenvalue weighted by Crippen LogP contribution is -2.11. The molecule has 0 unspecified atom stereocenters. The number of carbonyl (C=O) groups is 1. The van der Waals surface area contributed by atoms with Gasteiger partial charge in [0.1, 0.15) is 0 Å². The Labute approximate surface area is 182 Å². The van der Waals surface area contributed by atoms with E-state index in [1.807, 2.05) is 48.5 Å². The van der Waals surface area contributed by atoms with Crippen molar-refractivity contribution in [3.63, 3.8) is 0 Å². The molecule has 8 heteroatoms. The van der Waals surface area contributed by atoms with Crippen LogP contribution in [0.3, 0.4) is 0 Å². The zero-order valence-corrected chi connectivity index (χ0v) is 16.9. The molecule has 0 bridgehead atoms. The van der Waals surface area contributed by atoms with E-state index in [1.165, 1.54) is 0 Å². The van der Waals surface area contributed by atoms with Crippen LogP contribution in [0.5, 0.6) is 0 Å². The van der Waals surface area contributed by atoms with Gasteiger partial charge in [-0.15, -0.1) is 10.2 Å². The topological polar surface area (TPSA) is 85.1 Å². The number of halogens is 1. The number of anilines is 1. The number of pyridine rings is 1. The van der Waals surface area contributed by atoms with Crippen molar-refractivity contribution in [3.8, 4) is 22.6 Å². The summed E-state index contributed by atoms with van der Waals surface area (Å²) in [7, 11) is 0. The highest BCUT2D eigenvalue weighted by atomic mass is 35.5. The molecule has 3 heterocycles. The van der Waals surface area contributed by atoms with Crippen LogP contribution in [0.2, 0.25) is 5.02 Å². The van der Waals surface area contributed by atoms with Crippen LogP contribution in [-0.4, -0.2) is 30.7 Å². The summed E-state index contributed by atoms with van der Waals surface area (Å²) in [5.74, 6) is 0.395. The third kappa shape index (κ3) is 3.86. The smallest absolute Gasteiger partial charge is 0.255 e. The molecule has 0 aliphatic rings. The number of nitrogens with zero attached hydrogens (tertiary/aromatic N) is 5. The predicted molar refractivity (Wildman–Crippen MR) is 119 cm³/mol. The summed E-state index contributed by atoms with van der Waals surface area (Å²) in [6.45, 7) is 0. The van der Waals surface area contributed by atoms with Crippen LogP contribution in [-0.2, 0) is 0 Å². The fraction of sp³-hybridized carbons (Fsp3) is 0. The summed E-state index contributed by atoms with van der Waals surface area (Å²) >= 11 is 5.90. The Balaban J connectivity index is 1.46. The Bertz CT molecular complexity index is 1380. The number of aromatic nitrogens is 5. The van der Waals surface area contributed by atoms with Crippen molar-refractivity contribution >= 4 is 28.8 Å². The Morgan fingerprint density at radius 1 is 0.903 bits per heavy atom. The summed E-state index contributed by atoms with van der Waals surface area (Å²) in [4.78, 5) is 16.7. The third-order valence-electron chi connectivity index (χ3n) is 4.71. The van der Waals surface area contributed by atoms with E-state index in [9.17, 15) is 4.79 Å². The number of amides is 1. The number of fused-ring (bicyclic) bond motifs is 1. The van der Waals surface area contributed by atoms with E-state index in [0.717, 1.165) is 16.8 Å². The summed E-state index contributed by atoms with van der Waals surface area (Å²) in [5.41, 5.74) is 4.22. The lowest BCUT2D eigenvalue weighted by molar-refractivity contribution is 0.102. The van der Waals surface area contributed by atoms with E-state index in [2.05, 4.69) is 20.5 Å². The molecule has 0 aliphatic heterocycles. The van der Waals surface area contributed by atoms with E-state index < -0.39 is 0 Å². The van der Waals surface area contributed by atoms with Crippen LogP contribution in [0, 0.1) is 0 Å². The van der Waals surface area contributed by atoms with E-state index in [1.54, 1.807) is 41.2 Å². The number of hydrogen-bond donors (Lipinski definition) is 1. The normalized spacial score (nSPS) is 10.9. The Morgan fingerprint density at radius 3 is 2.55 bits per heavy atom. The van der Waals surface area contributed by atoms with Gasteiger partial charge >= 0.3 is 0 Å². The summed E-state index contributed by atoms with van der Waals surface area (Å²) in [6, 6.07) is 21.7. The van der Waals surface area contributed by atoms with Gasteiger partial charge in [-0.2, -0.15) is 9.61 Å². The van der Waals surface area contributed by atoms with Gasteiger partial charge in [0.2, 0.25) is 0 Å². The maximum atomic E-state index is 12.5. The van der Waals surface area contributed by atoms with Crippen LogP contribution in [0.25, 0.3) is 28.3 Å². The molecule has 5 rings (SSSR count). The van der Waals surface area contributed by atoms with Gasteiger partial charge in [-0.3, -0.25) is 9.78 Å². The molecule has 0 fully saturated rings. The first-order valence-electron chi connectivity index (χ1n) is 9.47. The minimum absolute atomic E-state index is 0.213. The molecular formula is C23H15ClN6O. The number of benzene rings is 2.